The van der Waals surface area contributed by atoms with Crippen LogP contribution in [-0.4, -0.2) is 43.6 Å². The normalized spacial score (nSPS) is 17.4. The van der Waals surface area contributed by atoms with Gasteiger partial charge in [-0.25, -0.2) is 4.98 Å². The average molecular weight is 388 g/mol. The van der Waals surface area contributed by atoms with Crippen molar-refractivity contribution in [2.45, 2.75) is 19.9 Å². The fourth-order valence-corrected chi connectivity index (χ4v) is 4.10. The summed E-state index contributed by atoms with van der Waals surface area (Å²) in [6.07, 6.45) is 3.02. The van der Waals surface area contributed by atoms with E-state index in [1.54, 1.807) is 10.9 Å². The predicted octanol–water partition coefficient (Wildman–Crippen LogP) is 3.54. The molecule has 2 aromatic heterocycles. The van der Waals surface area contributed by atoms with Gasteiger partial charge in [-0.2, -0.15) is 5.10 Å². The number of anilines is 1. The van der Waals surface area contributed by atoms with E-state index in [0.717, 1.165) is 59.0 Å². The van der Waals surface area contributed by atoms with Crippen LogP contribution in [0.15, 0.2) is 42.6 Å². The first-order chi connectivity index (χ1) is 14.0. The molecule has 0 saturated carbocycles. The van der Waals surface area contributed by atoms with Gasteiger partial charge in [0.2, 0.25) is 0 Å². The smallest absolute Gasteiger partial charge is 0.255 e. The second-order valence-corrected chi connectivity index (χ2v) is 8.04. The lowest BCUT2D eigenvalue weighted by atomic mass is 10.1. The second-order valence-electron chi connectivity index (χ2n) is 8.04. The number of rotatable bonds is 4. The Labute approximate surface area is 168 Å². The van der Waals surface area contributed by atoms with E-state index in [2.05, 4.69) is 27.2 Å². The molecule has 1 atom stereocenters. The molecule has 7 heteroatoms. The van der Waals surface area contributed by atoms with Crippen molar-refractivity contribution in [3.8, 4) is 0 Å². The van der Waals surface area contributed by atoms with Crippen LogP contribution in [-0.2, 0) is 13.6 Å². The van der Waals surface area contributed by atoms with Crippen LogP contribution >= 0.6 is 0 Å². The number of aryl methyl sites for hydroxylation is 1. The molecule has 1 saturated heterocycles. The average Bonchev–Trinajstić information content (AvgIpc) is 3.40. The number of fused-ring (bicyclic) bond motifs is 2. The molecule has 148 valence electrons. The molecule has 2 aromatic carbocycles. The summed E-state index contributed by atoms with van der Waals surface area (Å²) in [7, 11) is 1.89. The van der Waals surface area contributed by atoms with Crippen molar-refractivity contribution in [3.05, 3.63) is 54.0 Å². The molecule has 1 amide bonds. The van der Waals surface area contributed by atoms with Crippen LogP contribution in [0.4, 0.5) is 5.69 Å². The van der Waals surface area contributed by atoms with E-state index < -0.39 is 0 Å². The van der Waals surface area contributed by atoms with E-state index in [4.69, 9.17) is 4.98 Å². The zero-order valence-electron chi connectivity index (χ0n) is 16.6. The molecule has 5 rings (SSSR count). The molecule has 0 aliphatic carbocycles. The van der Waals surface area contributed by atoms with Gasteiger partial charge in [0.05, 0.1) is 29.3 Å². The van der Waals surface area contributed by atoms with Crippen molar-refractivity contribution >= 4 is 33.5 Å². The zero-order chi connectivity index (χ0) is 20.0. The number of nitrogens with one attached hydrogen (secondary N) is 2. The molecule has 1 aliphatic rings. The van der Waals surface area contributed by atoms with E-state index in [9.17, 15) is 4.79 Å². The molecular weight excluding hydrogens is 364 g/mol. The molecule has 7 nitrogen and oxygen atoms in total. The summed E-state index contributed by atoms with van der Waals surface area (Å²) in [6.45, 7) is 5.38. The molecule has 0 spiro atoms. The lowest BCUT2D eigenvalue weighted by Gasteiger charge is -2.12. The van der Waals surface area contributed by atoms with Crippen LogP contribution in [0.3, 0.4) is 0 Å². The third-order valence-corrected chi connectivity index (χ3v) is 5.68. The molecule has 2 N–H and O–H groups in total. The Kier molecular flexibility index (Phi) is 4.32. The Bertz CT molecular complexity index is 1210. The molecule has 3 heterocycles. The summed E-state index contributed by atoms with van der Waals surface area (Å²) in [6, 6.07) is 11.4. The highest BCUT2D eigenvalue weighted by Crippen LogP contribution is 2.22. The van der Waals surface area contributed by atoms with E-state index in [-0.39, 0.29) is 5.91 Å². The lowest BCUT2D eigenvalue weighted by molar-refractivity contribution is 0.102. The van der Waals surface area contributed by atoms with Gasteiger partial charge in [0.15, 0.2) is 0 Å². The Hall–Kier alpha value is -3.19. The van der Waals surface area contributed by atoms with Gasteiger partial charge >= 0.3 is 0 Å². The van der Waals surface area contributed by atoms with Crippen molar-refractivity contribution in [2.24, 2.45) is 13.0 Å². The Morgan fingerprint density at radius 3 is 3.00 bits per heavy atom. The molecule has 1 aliphatic heterocycles. The highest BCUT2D eigenvalue weighted by atomic mass is 16.1. The maximum atomic E-state index is 12.7. The first kappa shape index (κ1) is 17.9. The van der Waals surface area contributed by atoms with Gasteiger partial charge in [-0.05, 0) is 55.3 Å². The maximum absolute atomic E-state index is 12.7. The monoisotopic (exact) mass is 388 g/mol. The zero-order valence-corrected chi connectivity index (χ0v) is 16.6. The van der Waals surface area contributed by atoms with Crippen LogP contribution in [0.2, 0.25) is 0 Å². The van der Waals surface area contributed by atoms with Gasteiger partial charge in [0.1, 0.15) is 5.82 Å². The minimum Gasteiger partial charge on any atom is -0.341 e. The fraction of sp³-hybridized carbons (Fsp3) is 0.318. The molecular formula is C22H24N6O. The van der Waals surface area contributed by atoms with Crippen molar-refractivity contribution < 1.29 is 4.79 Å². The number of likely N-dealkylation sites (tertiary alicyclic amines) is 1. The largest absolute Gasteiger partial charge is 0.341 e. The van der Waals surface area contributed by atoms with E-state index >= 15 is 0 Å². The third-order valence-electron chi connectivity index (χ3n) is 5.68. The number of imidazole rings is 1. The van der Waals surface area contributed by atoms with Crippen molar-refractivity contribution in [1.82, 2.24) is 24.6 Å². The number of aromatic nitrogens is 4. The fourth-order valence-electron chi connectivity index (χ4n) is 4.10. The standard InChI is InChI=1S/C22H24N6O/c1-14-7-8-28(12-14)13-21-25-18-5-4-17(10-19(18)26-21)24-22(29)15-3-6-20-16(9-15)11-23-27(20)2/h3-6,9-11,14H,7-8,12-13H2,1-2H3,(H,24,29)(H,25,26)/t14-/m1/s1. The number of aromatic amines is 1. The van der Waals surface area contributed by atoms with Crippen molar-refractivity contribution in [2.75, 3.05) is 18.4 Å². The number of carbonyl (C=O) groups is 1. The summed E-state index contributed by atoms with van der Waals surface area (Å²) < 4.78 is 1.80. The number of carbonyl (C=O) groups excluding carboxylic acids is 1. The van der Waals surface area contributed by atoms with E-state index in [1.165, 1.54) is 6.42 Å². The predicted molar refractivity (Wildman–Crippen MR) is 114 cm³/mol. The van der Waals surface area contributed by atoms with Crippen LogP contribution in [0, 0.1) is 5.92 Å². The summed E-state index contributed by atoms with van der Waals surface area (Å²) >= 11 is 0. The lowest BCUT2D eigenvalue weighted by Crippen LogP contribution is -2.20. The first-order valence-electron chi connectivity index (χ1n) is 9.99. The van der Waals surface area contributed by atoms with Crippen LogP contribution in [0.25, 0.3) is 21.9 Å². The minimum atomic E-state index is -0.138. The summed E-state index contributed by atoms with van der Waals surface area (Å²) in [5.74, 6) is 1.59. The van der Waals surface area contributed by atoms with Gasteiger partial charge in [0, 0.05) is 30.2 Å². The minimum absolute atomic E-state index is 0.138. The summed E-state index contributed by atoms with van der Waals surface area (Å²) in [5.41, 5.74) is 4.22. The van der Waals surface area contributed by atoms with Crippen molar-refractivity contribution in [3.63, 3.8) is 0 Å². The Balaban J connectivity index is 1.33. The van der Waals surface area contributed by atoms with Gasteiger partial charge < -0.3 is 10.3 Å². The maximum Gasteiger partial charge on any atom is 0.255 e. The van der Waals surface area contributed by atoms with Crippen molar-refractivity contribution in [1.29, 1.82) is 0 Å². The third kappa shape index (κ3) is 3.49. The van der Waals surface area contributed by atoms with Crippen LogP contribution in [0.1, 0.15) is 29.5 Å². The highest BCUT2D eigenvalue weighted by molar-refractivity contribution is 6.06. The topological polar surface area (TPSA) is 78.8 Å². The first-order valence-corrected chi connectivity index (χ1v) is 9.99. The molecule has 0 unspecified atom stereocenters. The Morgan fingerprint density at radius 1 is 1.28 bits per heavy atom. The number of hydrogen-bond acceptors (Lipinski definition) is 4. The van der Waals surface area contributed by atoms with Crippen LogP contribution < -0.4 is 5.32 Å². The molecule has 1 fully saturated rings. The SMILES string of the molecule is C[C@@H]1CCN(Cc2nc3ccc(NC(=O)c4ccc5c(cnn5C)c4)cc3[nH]2)C1. The molecule has 0 bridgehead atoms. The number of hydrogen-bond donors (Lipinski definition) is 2. The molecule has 4 aromatic rings. The van der Waals surface area contributed by atoms with Gasteiger partial charge in [-0.3, -0.25) is 14.4 Å². The summed E-state index contributed by atoms with van der Waals surface area (Å²) in [5, 5.41) is 8.16. The van der Waals surface area contributed by atoms with Gasteiger partial charge in [-0.1, -0.05) is 6.92 Å². The highest BCUT2D eigenvalue weighted by Gasteiger charge is 2.19. The number of amides is 1. The summed E-state index contributed by atoms with van der Waals surface area (Å²) in [4.78, 5) is 23.2. The molecule has 29 heavy (non-hydrogen) atoms. The van der Waals surface area contributed by atoms with Crippen LogP contribution in [0.5, 0.6) is 0 Å². The Morgan fingerprint density at radius 2 is 2.17 bits per heavy atom. The van der Waals surface area contributed by atoms with Gasteiger partial charge in [0.25, 0.3) is 5.91 Å². The van der Waals surface area contributed by atoms with Gasteiger partial charge in [-0.15, -0.1) is 0 Å². The van der Waals surface area contributed by atoms with E-state index in [0.29, 0.717) is 5.56 Å². The second kappa shape index (κ2) is 7.00. The number of H-pyrrole nitrogens is 1. The van der Waals surface area contributed by atoms with E-state index in [1.807, 2.05) is 43.4 Å². The number of benzene rings is 2. The molecule has 0 radical (unpaired) electrons. The quantitative estimate of drug-likeness (QED) is 0.560. The number of nitrogens with zero attached hydrogens (tertiary/aromatic N) is 4.